The molecule has 1 atom stereocenters. The number of nitrogens with zero attached hydrogens (tertiary/aromatic N) is 2. The number of halogens is 2. The third kappa shape index (κ3) is 4.97. The largest absolute Gasteiger partial charge is 0.481 e. The number of carboxylic acids is 1. The molecule has 0 unspecified atom stereocenters. The highest BCUT2D eigenvalue weighted by atomic mass is 35.5. The van der Waals surface area contributed by atoms with Gasteiger partial charge in [-0.1, -0.05) is 48.3 Å². The summed E-state index contributed by atoms with van der Waals surface area (Å²) in [7, 11) is 1.63. The molecule has 0 spiro atoms. The molecule has 6 nitrogen and oxygen atoms in total. The van der Waals surface area contributed by atoms with E-state index in [0.717, 1.165) is 16.7 Å². The average molecular weight is 474 g/mol. The van der Waals surface area contributed by atoms with Crippen LogP contribution < -0.4 is 5.73 Å². The quantitative estimate of drug-likeness (QED) is 0.605. The van der Waals surface area contributed by atoms with Gasteiger partial charge in [-0.25, -0.2) is 0 Å². The molecule has 1 heterocycles. The summed E-state index contributed by atoms with van der Waals surface area (Å²) in [6, 6.07) is 9.15. The Hall–Kier alpha value is -2.83. The van der Waals surface area contributed by atoms with E-state index in [4.69, 9.17) is 28.9 Å². The first-order chi connectivity index (χ1) is 15.3. The van der Waals surface area contributed by atoms with Crippen molar-refractivity contribution in [1.82, 2.24) is 4.90 Å². The van der Waals surface area contributed by atoms with Crippen molar-refractivity contribution in [3.63, 3.8) is 0 Å². The van der Waals surface area contributed by atoms with Crippen LogP contribution in [0.1, 0.15) is 39.5 Å². The van der Waals surface area contributed by atoms with Gasteiger partial charge < -0.3 is 15.7 Å². The number of amides is 1. The van der Waals surface area contributed by atoms with E-state index in [0.29, 0.717) is 37.1 Å². The van der Waals surface area contributed by atoms with Gasteiger partial charge in [0.1, 0.15) is 0 Å². The summed E-state index contributed by atoms with van der Waals surface area (Å²) in [5, 5.41) is 9.74. The first-order valence-electron chi connectivity index (χ1n) is 10.2. The third-order valence-corrected chi connectivity index (χ3v) is 6.23. The van der Waals surface area contributed by atoms with Gasteiger partial charge in [-0.05, 0) is 47.2 Å². The predicted molar refractivity (Wildman–Crippen MR) is 128 cm³/mol. The van der Waals surface area contributed by atoms with Crippen LogP contribution in [0.15, 0.2) is 41.5 Å². The Morgan fingerprint density at radius 2 is 1.97 bits per heavy atom. The van der Waals surface area contributed by atoms with Gasteiger partial charge in [0.25, 0.3) is 5.91 Å². The number of aliphatic carboxylic acids is 1. The molecule has 0 fully saturated rings. The van der Waals surface area contributed by atoms with Crippen LogP contribution in [-0.4, -0.2) is 41.7 Å². The van der Waals surface area contributed by atoms with Crippen molar-refractivity contribution in [3.8, 4) is 0 Å². The molecule has 2 aromatic carbocycles. The van der Waals surface area contributed by atoms with Gasteiger partial charge in [0.2, 0.25) is 0 Å². The van der Waals surface area contributed by atoms with Gasteiger partial charge >= 0.3 is 5.97 Å². The summed E-state index contributed by atoms with van der Waals surface area (Å²) in [6.07, 6.45) is 4.10. The van der Waals surface area contributed by atoms with E-state index in [2.05, 4.69) is 4.99 Å². The molecule has 32 heavy (non-hydrogen) atoms. The molecule has 3 N–H and O–H groups in total. The lowest BCUT2D eigenvalue weighted by Gasteiger charge is -2.31. The SMILES string of the molecule is CN=CC(=CN)c1cc(Cl)c(C(=O)N2CCc3c(C[C@H](C)C(=O)O)cccc3C2)c(Cl)c1. The minimum Gasteiger partial charge on any atom is -0.481 e. The lowest BCUT2D eigenvalue weighted by atomic mass is 9.89. The number of carbonyl (C=O) groups excluding carboxylic acids is 1. The molecule has 0 bridgehead atoms. The van der Waals surface area contributed by atoms with Crippen LogP contribution in [0.2, 0.25) is 10.0 Å². The number of hydrogen-bond acceptors (Lipinski definition) is 4. The molecular formula is C24H25Cl2N3O3. The highest BCUT2D eigenvalue weighted by molar-refractivity contribution is 6.40. The standard InChI is InChI=1S/C24H25Cl2N3O3/c1-14(24(31)32)8-15-4-3-5-16-13-29(7-6-19(15)16)23(30)22-20(25)9-17(10-21(22)26)18(11-27)12-28-2/h3-5,9-12,14H,6-8,13,27H2,1-2H3,(H,31,32)/t14-/m0/s1. The van der Waals surface area contributed by atoms with E-state index in [1.807, 2.05) is 18.2 Å². The van der Waals surface area contributed by atoms with Gasteiger partial charge in [-0.15, -0.1) is 0 Å². The van der Waals surface area contributed by atoms with Gasteiger partial charge in [0.05, 0.1) is 21.5 Å². The number of rotatable bonds is 6. The summed E-state index contributed by atoms with van der Waals surface area (Å²) in [4.78, 5) is 30.2. The van der Waals surface area contributed by atoms with Crippen LogP contribution in [0.4, 0.5) is 0 Å². The van der Waals surface area contributed by atoms with E-state index in [9.17, 15) is 14.7 Å². The number of allylic oxidation sites excluding steroid dienone is 1. The summed E-state index contributed by atoms with van der Waals surface area (Å²) < 4.78 is 0. The predicted octanol–water partition coefficient (Wildman–Crippen LogP) is 4.46. The maximum Gasteiger partial charge on any atom is 0.306 e. The Bertz CT molecular complexity index is 1090. The fraction of sp³-hybridized carbons (Fsp3) is 0.292. The van der Waals surface area contributed by atoms with Crippen LogP contribution in [-0.2, 0) is 24.2 Å². The number of aliphatic imine (C=N–C) groups is 1. The maximum absolute atomic E-state index is 13.3. The van der Waals surface area contributed by atoms with E-state index in [1.165, 1.54) is 6.20 Å². The topological polar surface area (TPSA) is 96.0 Å². The van der Waals surface area contributed by atoms with E-state index in [1.54, 1.807) is 37.2 Å². The zero-order chi connectivity index (χ0) is 23.4. The monoisotopic (exact) mass is 473 g/mol. The van der Waals surface area contributed by atoms with E-state index in [-0.39, 0.29) is 21.5 Å². The summed E-state index contributed by atoms with van der Waals surface area (Å²) >= 11 is 12.9. The van der Waals surface area contributed by atoms with Crippen LogP contribution in [0, 0.1) is 5.92 Å². The number of hydrogen-bond donors (Lipinski definition) is 2. The Morgan fingerprint density at radius 1 is 1.28 bits per heavy atom. The average Bonchev–Trinajstić information content (AvgIpc) is 2.76. The molecule has 168 valence electrons. The first-order valence-corrected chi connectivity index (χ1v) is 11.0. The van der Waals surface area contributed by atoms with Crippen molar-refractivity contribution in [2.45, 2.75) is 26.3 Å². The second kappa shape index (κ2) is 10.2. The van der Waals surface area contributed by atoms with E-state index < -0.39 is 11.9 Å². The van der Waals surface area contributed by atoms with Crippen molar-refractivity contribution in [2.24, 2.45) is 16.6 Å². The van der Waals surface area contributed by atoms with Crippen molar-refractivity contribution < 1.29 is 14.7 Å². The maximum atomic E-state index is 13.3. The lowest BCUT2D eigenvalue weighted by molar-refractivity contribution is -0.141. The molecule has 1 aliphatic rings. The van der Waals surface area contributed by atoms with Gasteiger partial charge in [0, 0.05) is 38.1 Å². The Morgan fingerprint density at radius 3 is 2.56 bits per heavy atom. The molecule has 0 radical (unpaired) electrons. The van der Waals surface area contributed by atoms with Gasteiger partial charge in [-0.3, -0.25) is 14.6 Å². The van der Waals surface area contributed by atoms with Crippen molar-refractivity contribution in [2.75, 3.05) is 13.6 Å². The molecule has 0 aliphatic carbocycles. The molecule has 0 saturated heterocycles. The molecule has 1 amide bonds. The Balaban J connectivity index is 1.86. The highest BCUT2D eigenvalue weighted by Gasteiger charge is 2.27. The third-order valence-electron chi connectivity index (χ3n) is 5.63. The Kier molecular flexibility index (Phi) is 7.59. The molecular weight excluding hydrogens is 449 g/mol. The minimum atomic E-state index is -0.819. The minimum absolute atomic E-state index is 0.246. The van der Waals surface area contributed by atoms with Crippen LogP contribution >= 0.6 is 23.2 Å². The van der Waals surface area contributed by atoms with Gasteiger partial charge in [0.15, 0.2) is 0 Å². The second-order valence-electron chi connectivity index (χ2n) is 7.80. The number of benzene rings is 2. The second-order valence-corrected chi connectivity index (χ2v) is 8.61. The van der Waals surface area contributed by atoms with Crippen molar-refractivity contribution >= 4 is 46.9 Å². The normalized spacial score (nSPS) is 15.0. The summed E-state index contributed by atoms with van der Waals surface area (Å²) in [5.74, 6) is -1.53. The van der Waals surface area contributed by atoms with Crippen LogP contribution in [0.25, 0.3) is 5.57 Å². The number of carbonyl (C=O) groups is 2. The fourth-order valence-electron chi connectivity index (χ4n) is 3.93. The van der Waals surface area contributed by atoms with Crippen molar-refractivity contribution in [3.05, 3.63) is 74.4 Å². The molecule has 3 rings (SSSR count). The Labute approximate surface area is 197 Å². The summed E-state index contributed by atoms with van der Waals surface area (Å²) in [6.45, 7) is 2.61. The molecule has 1 aliphatic heterocycles. The smallest absolute Gasteiger partial charge is 0.306 e. The number of fused-ring (bicyclic) bond motifs is 1. The fourth-order valence-corrected chi connectivity index (χ4v) is 4.57. The molecule has 0 aromatic heterocycles. The lowest BCUT2D eigenvalue weighted by Crippen LogP contribution is -2.36. The molecule has 0 saturated carbocycles. The highest BCUT2D eigenvalue weighted by Crippen LogP contribution is 2.32. The van der Waals surface area contributed by atoms with Crippen LogP contribution in [0.3, 0.4) is 0 Å². The van der Waals surface area contributed by atoms with Gasteiger partial charge in [-0.2, -0.15) is 0 Å². The first kappa shape index (κ1) is 23.8. The summed E-state index contributed by atoms with van der Waals surface area (Å²) in [5.41, 5.74) is 10.4. The molecule has 2 aromatic rings. The van der Waals surface area contributed by atoms with Crippen LogP contribution in [0.5, 0.6) is 0 Å². The number of nitrogens with two attached hydrogens (primary N) is 1. The number of carboxylic acid groups (broad SMARTS) is 1. The van der Waals surface area contributed by atoms with Crippen molar-refractivity contribution in [1.29, 1.82) is 0 Å². The molecule has 8 heteroatoms. The zero-order valence-corrected chi connectivity index (χ0v) is 19.5. The van der Waals surface area contributed by atoms with E-state index >= 15 is 0 Å². The zero-order valence-electron chi connectivity index (χ0n) is 17.9.